The minimum absolute atomic E-state index is 0.00264. The van der Waals surface area contributed by atoms with E-state index in [-0.39, 0.29) is 18.2 Å². The molecule has 94 valence electrons. The lowest BCUT2D eigenvalue weighted by Crippen LogP contribution is -2.35. The summed E-state index contributed by atoms with van der Waals surface area (Å²) in [7, 11) is 0. The molecule has 0 fully saturated rings. The second-order valence-corrected chi connectivity index (χ2v) is 5.67. The molecule has 0 spiro atoms. The molecule has 0 aliphatic carbocycles. The summed E-state index contributed by atoms with van der Waals surface area (Å²) in [4.78, 5) is 18.1. The predicted molar refractivity (Wildman–Crippen MR) is 66.9 cm³/mol. The molecule has 4 heteroatoms. The number of pyridine rings is 1. The van der Waals surface area contributed by atoms with Gasteiger partial charge in [0.25, 0.3) is 0 Å². The number of amides is 1. The Morgan fingerprint density at radius 3 is 2.56 bits per heavy atom. The minimum Gasteiger partial charge on any atom is -0.444 e. The first kappa shape index (κ1) is 11.3. The average Bonchev–Trinajstić information content (AvgIpc) is 2.83. The molecule has 3 heterocycles. The summed E-state index contributed by atoms with van der Waals surface area (Å²) >= 11 is 0. The van der Waals surface area contributed by atoms with Crippen LogP contribution in [0.15, 0.2) is 30.6 Å². The van der Waals surface area contributed by atoms with E-state index in [1.165, 1.54) is 0 Å². The van der Waals surface area contributed by atoms with E-state index in [1.807, 2.05) is 39.1 Å². The molecule has 0 aromatic carbocycles. The van der Waals surface area contributed by atoms with Crippen molar-refractivity contribution in [3.8, 4) is 0 Å². The van der Waals surface area contributed by atoms with Gasteiger partial charge in [0.15, 0.2) is 0 Å². The van der Waals surface area contributed by atoms with Crippen LogP contribution in [-0.4, -0.2) is 21.6 Å². The van der Waals surface area contributed by atoms with Crippen LogP contribution in [0.3, 0.4) is 0 Å². The lowest BCUT2D eigenvalue weighted by Gasteiger charge is -2.27. The number of carbonyl (C=O) groups excluding carboxylic acids is 1. The number of nitrogens with zero attached hydrogens (tertiary/aromatic N) is 2. The zero-order valence-electron chi connectivity index (χ0n) is 10.8. The fourth-order valence-electron chi connectivity index (χ4n) is 2.55. The topological polar surface area (TPSA) is 42.4 Å². The van der Waals surface area contributed by atoms with E-state index in [9.17, 15) is 4.79 Å². The van der Waals surface area contributed by atoms with Crippen molar-refractivity contribution >= 4 is 6.09 Å². The lowest BCUT2D eigenvalue weighted by atomic mass is 10.00. The maximum Gasteiger partial charge on any atom is 0.411 e. The summed E-state index contributed by atoms with van der Waals surface area (Å²) < 4.78 is 5.46. The molecule has 1 aromatic heterocycles. The van der Waals surface area contributed by atoms with Crippen LogP contribution < -0.4 is 0 Å². The third-order valence-electron chi connectivity index (χ3n) is 3.20. The molecule has 0 saturated heterocycles. The van der Waals surface area contributed by atoms with Gasteiger partial charge < -0.3 is 4.74 Å². The first-order valence-electron chi connectivity index (χ1n) is 6.11. The molecule has 2 atom stereocenters. The normalized spacial score (nSPS) is 24.3. The van der Waals surface area contributed by atoms with Crippen LogP contribution in [0.1, 0.15) is 44.0 Å². The summed E-state index contributed by atoms with van der Waals surface area (Å²) in [6.07, 6.45) is 7.43. The van der Waals surface area contributed by atoms with Crippen molar-refractivity contribution in [3.05, 3.63) is 41.7 Å². The molecule has 3 rings (SSSR count). The summed E-state index contributed by atoms with van der Waals surface area (Å²) in [5.74, 6) is 0. The van der Waals surface area contributed by atoms with E-state index in [4.69, 9.17) is 4.74 Å². The molecular weight excluding hydrogens is 228 g/mol. The van der Waals surface area contributed by atoms with Crippen LogP contribution in [0.5, 0.6) is 0 Å². The summed E-state index contributed by atoms with van der Waals surface area (Å²) in [5.41, 5.74) is 1.79. The molecule has 2 aliphatic rings. The first-order valence-corrected chi connectivity index (χ1v) is 6.11. The van der Waals surface area contributed by atoms with Crippen molar-refractivity contribution in [2.45, 2.75) is 38.5 Å². The van der Waals surface area contributed by atoms with Gasteiger partial charge in [-0.15, -0.1) is 0 Å². The van der Waals surface area contributed by atoms with E-state index >= 15 is 0 Å². The highest BCUT2D eigenvalue weighted by Gasteiger charge is 2.44. The van der Waals surface area contributed by atoms with Gasteiger partial charge in [-0.2, -0.15) is 0 Å². The van der Waals surface area contributed by atoms with Gasteiger partial charge in [0.05, 0.1) is 12.1 Å². The average molecular weight is 244 g/mol. The SMILES string of the molecule is CC(C)(C)OC(=O)N1[C@@H]2C=C[C@H]1c1cnccc12. The van der Waals surface area contributed by atoms with Gasteiger partial charge in [-0.05, 0) is 32.4 Å². The molecule has 1 amide bonds. The highest BCUT2D eigenvalue weighted by molar-refractivity contribution is 5.73. The van der Waals surface area contributed by atoms with E-state index < -0.39 is 5.60 Å². The van der Waals surface area contributed by atoms with Crippen molar-refractivity contribution in [2.24, 2.45) is 0 Å². The Hall–Kier alpha value is -1.84. The summed E-state index contributed by atoms with van der Waals surface area (Å²) in [6.45, 7) is 5.64. The number of hydrogen-bond donors (Lipinski definition) is 0. The van der Waals surface area contributed by atoms with Crippen molar-refractivity contribution < 1.29 is 9.53 Å². The number of carbonyl (C=O) groups is 1. The lowest BCUT2D eigenvalue weighted by molar-refractivity contribution is 0.0196. The molecule has 2 bridgehead atoms. The van der Waals surface area contributed by atoms with Gasteiger partial charge in [-0.1, -0.05) is 12.2 Å². The van der Waals surface area contributed by atoms with Gasteiger partial charge in [-0.3, -0.25) is 9.88 Å². The van der Waals surface area contributed by atoms with Crippen LogP contribution in [0.2, 0.25) is 0 Å². The predicted octanol–water partition coefficient (Wildman–Crippen LogP) is 2.98. The van der Waals surface area contributed by atoms with E-state index in [0.29, 0.717) is 0 Å². The molecule has 18 heavy (non-hydrogen) atoms. The van der Waals surface area contributed by atoms with Gasteiger partial charge in [0.2, 0.25) is 0 Å². The number of rotatable bonds is 0. The Labute approximate surface area is 106 Å². The molecule has 4 nitrogen and oxygen atoms in total. The van der Waals surface area contributed by atoms with Gasteiger partial charge in [-0.25, -0.2) is 4.79 Å². The van der Waals surface area contributed by atoms with Crippen molar-refractivity contribution in [3.63, 3.8) is 0 Å². The van der Waals surface area contributed by atoms with Crippen LogP contribution in [0, 0.1) is 0 Å². The molecule has 1 aromatic rings. The largest absolute Gasteiger partial charge is 0.444 e. The zero-order chi connectivity index (χ0) is 12.9. The Morgan fingerprint density at radius 1 is 1.28 bits per heavy atom. The molecule has 0 unspecified atom stereocenters. The number of hydrogen-bond acceptors (Lipinski definition) is 3. The Balaban J connectivity index is 1.89. The maximum atomic E-state index is 12.2. The fraction of sp³-hybridized carbons (Fsp3) is 0.429. The van der Waals surface area contributed by atoms with Gasteiger partial charge in [0.1, 0.15) is 5.60 Å². The van der Waals surface area contributed by atoms with Crippen LogP contribution in [0.25, 0.3) is 0 Å². The monoisotopic (exact) mass is 244 g/mol. The van der Waals surface area contributed by atoms with Crippen molar-refractivity contribution in [2.75, 3.05) is 0 Å². The van der Waals surface area contributed by atoms with Gasteiger partial charge in [0, 0.05) is 18.0 Å². The first-order chi connectivity index (χ1) is 8.47. The molecule has 0 N–H and O–H groups in total. The Kier molecular flexibility index (Phi) is 2.24. The van der Waals surface area contributed by atoms with Crippen LogP contribution >= 0.6 is 0 Å². The smallest absolute Gasteiger partial charge is 0.411 e. The Bertz CT molecular complexity index is 498. The van der Waals surface area contributed by atoms with E-state index in [2.05, 4.69) is 11.1 Å². The van der Waals surface area contributed by atoms with Crippen molar-refractivity contribution in [1.82, 2.24) is 9.88 Å². The van der Waals surface area contributed by atoms with E-state index in [0.717, 1.165) is 11.1 Å². The molecule has 0 saturated carbocycles. The van der Waals surface area contributed by atoms with Crippen LogP contribution in [0.4, 0.5) is 4.79 Å². The minimum atomic E-state index is -0.469. The highest BCUT2D eigenvalue weighted by atomic mass is 16.6. The molecule has 0 radical (unpaired) electrons. The maximum absolute atomic E-state index is 12.2. The third kappa shape index (κ3) is 1.60. The summed E-state index contributed by atoms with van der Waals surface area (Å²) in [5, 5.41) is 0. The summed E-state index contributed by atoms with van der Waals surface area (Å²) in [6, 6.07) is 1.96. The van der Waals surface area contributed by atoms with Crippen molar-refractivity contribution in [1.29, 1.82) is 0 Å². The quantitative estimate of drug-likeness (QED) is 0.659. The second kappa shape index (κ2) is 3.57. The highest BCUT2D eigenvalue weighted by Crippen LogP contribution is 2.48. The zero-order valence-corrected chi connectivity index (χ0v) is 10.8. The van der Waals surface area contributed by atoms with E-state index in [1.54, 1.807) is 11.1 Å². The van der Waals surface area contributed by atoms with Crippen LogP contribution in [-0.2, 0) is 4.74 Å². The molecule has 2 aliphatic heterocycles. The number of ether oxygens (including phenoxy) is 1. The number of aromatic nitrogens is 1. The second-order valence-electron chi connectivity index (χ2n) is 5.67. The third-order valence-corrected chi connectivity index (χ3v) is 3.20. The fourth-order valence-corrected chi connectivity index (χ4v) is 2.55. The molecular formula is C14H16N2O2. The number of fused-ring (bicyclic) bond motifs is 5. The Morgan fingerprint density at radius 2 is 1.94 bits per heavy atom. The van der Waals surface area contributed by atoms with Gasteiger partial charge >= 0.3 is 6.09 Å². The standard InChI is InChI=1S/C14H16N2O2/c1-14(2,3)18-13(17)16-11-4-5-12(16)10-8-15-7-6-9(10)11/h4-8,11-12H,1-3H3/t11-,12+/m1/s1.